The summed E-state index contributed by atoms with van der Waals surface area (Å²) in [6.07, 6.45) is 4.02. The molecule has 0 radical (unpaired) electrons. The van der Waals surface area contributed by atoms with Crippen LogP contribution < -0.4 is 0 Å². The van der Waals surface area contributed by atoms with E-state index in [1.165, 1.54) is 12.8 Å². The predicted octanol–water partition coefficient (Wildman–Crippen LogP) is 1.80. The molecule has 0 aromatic carbocycles. The summed E-state index contributed by atoms with van der Waals surface area (Å²) in [6.45, 7) is 4.03. The molecule has 2 aliphatic rings. The summed E-state index contributed by atoms with van der Waals surface area (Å²) < 4.78 is 5.38. The van der Waals surface area contributed by atoms with Crippen molar-refractivity contribution in [2.75, 3.05) is 0 Å². The molecule has 19 heavy (non-hydrogen) atoms. The molecule has 108 valence electrons. The molecule has 1 aliphatic carbocycles. The van der Waals surface area contributed by atoms with E-state index in [4.69, 9.17) is 9.84 Å². The van der Waals surface area contributed by atoms with E-state index in [1.807, 2.05) is 18.7 Å². The van der Waals surface area contributed by atoms with E-state index >= 15 is 0 Å². The van der Waals surface area contributed by atoms with Crippen molar-refractivity contribution in [3.8, 4) is 0 Å². The van der Waals surface area contributed by atoms with Crippen LogP contribution in [0.3, 0.4) is 0 Å². The van der Waals surface area contributed by atoms with Crippen molar-refractivity contribution in [1.82, 2.24) is 4.90 Å². The van der Waals surface area contributed by atoms with Gasteiger partial charge in [0, 0.05) is 12.1 Å². The van der Waals surface area contributed by atoms with Gasteiger partial charge in [-0.15, -0.1) is 0 Å². The molecule has 5 heteroatoms. The van der Waals surface area contributed by atoms with Crippen molar-refractivity contribution < 1.29 is 19.4 Å². The van der Waals surface area contributed by atoms with E-state index in [-0.39, 0.29) is 11.9 Å². The highest BCUT2D eigenvalue weighted by Crippen LogP contribution is 2.29. The Hall–Kier alpha value is -1.10. The van der Waals surface area contributed by atoms with Gasteiger partial charge in [0.2, 0.25) is 0 Å². The fraction of sp³-hybridized carbons (Fsp3) is 0.857. The zero-order chi connectivity index (χ0) is 14.0. The van der Waals surface area contributed by atoms with E-state index in [0.717, 1.165) is 12.8 Å². The van der Waals surface area contributed by atoms with E-state index in [9.17, 15) is 9.59 Å². The van der Waals surface area contributed by atoms with E-state index in [1.54, 1.807) is 0 Å². The lowest BCUT2D eigenvalue weighted by Crippen LogP contribution is -2.48. The number of hydrogen-bond acceptors (Lipinski definition) is 3. The third-order valence-corrected chi connectivity index (χ3v) is 4.10. The normalized spacial score (nSPS) is 27.9. The molecule has 2 atom stereocenters. The maximum atomic E-state index is 12.6. The number of amides is 1. The quantitative estimate of drug-likeness (QED) is 0.845. The zero-order valence-corrected chi connectivity index (χ0v) is 11.7. The van der Waals surface area contributed by atoms with Crippen LogP contribution in [0.4, 0.5) is 0 Å². The van der Waals surface area contributed by atoms with Crippen LogP contribution in [0.15, 0.2) is 0 Å². The Labute approximate surface area is 113 Å². The second kappa shape index (κ2) is 5.90. The summed E-state index contributed by atoms with van der Waals surface area (Å²) >= 11 is 0. The van der Waals surface area contributed by atoms with Crippen molar-refractivity contribution in [3.63, 3.8) is 0 Å². The minimum atomic E-state index is -0.965. The second-order valence-electron chi connectivity index (χ2n) is 5.81. The molecule has 2 fully saturated rings. The van der Waals surface area contributed by atoms with Gasteiger partial charge in [0.05, 0.1) is 0 Å². The van der Waals surface area contributed by atoms with Gasteiger partial charge >= 0.3 is 5.97 Å². The molecule has 0 unspecified atom stereocenters. The molecule has 1 aliphatic heterocycles. The first kappa shape index (κ1) is 14.3. The summed E-state index contributed by atoms with van der Waals surface area (Å²) in [5, 5.41) is 8.92. The van der Waals surface area contributed by atoms with Crippen molar-refractivity contribution in [2.24, 2.45) is 0 Å². The summed E-state index contributed by atoms with van der Waals surface area (Å²) in [6, 6.07) is 0.447. The summed E-state index contributed by atoms with van der Waals surface area (Å²) in [4.78, 5) is 25.3. The summed E-state index contributed by atoms with van der Waals surface area (Å²) in [7, 11) is 0. The molecule has 0 aromatic rings. The Morgan fingerprint density at radius 1 is 1.11 bits per heavy atom. The fourth-order valence-electron chi connectivity index (χ4n) is 3.21. The maximum Gasteiger partial charge on any atom is 0.332 e. The molecule has 0 aromatic heterocycles. The van der Waals surface area contributed by atoms with Gasteiger partial charge in [0.1, 0.15) is 6.10 Å². The molecule has 0 spiro atoms. The van der Waals surface area contributed by atoms with Crippen LogP contribution >= 0.6 is 0 Å². The van der Waals surface area contributed by atoms with E-state index in [0.29, 0.717) is 18.9 Å². The van der Waals surface area contributed by atoms with Gasteiger partial charge in [-0.3, -0.25) is 4.79 Å². The topological polar surface area (TPSA) is 66.8 Å². The minimum Gasteiger partial charge on any atom is -0.479 e. The molecule has 1 heterocycles. The monoisotopic (exact) mass is 269 g/mol. The number of nitrogens with zero attached hydrogens (tertiary/aromatic N) is 1. The first-order valence-corrected chi connectivity index (χ1v) is 7.21. The molecule has 1 amide bonds. The van der Waals surface area contributed by atoms with Gasteiger partial charge in [0.25, 0.3) is 5.91 Å². The maximum absolute atomic E-state index is 12.6. The number of carboxylic acids is 1. The van der Waals surface area contributed by atoms with Crippen LogP contribution in [0, 0.1) is 0 Å². The second-order valence-corrected chi connectivity index (χ2v) is 5.81. The van der Waals surface area contributed by atoms with Crippen LogP contribution in [0.2, 0.25) is 0 Å². The van der Waals surface area contributed by atoms with Crippen LogP contribution in [0.5, 0.6) is 0 Å². The molecule has 1 saturated carbocycles. The Balaban J connectivity index is 2.02. The largest absolute Gasteiger partial charge is 0.479 e. The number of aliphatic carboxylic acids is 1. The van der Waals surface area contributed by atoms with E-state index in [2.05, 4.69) is 0 Å². The average Bonchev–Trinajstić information content (AvgIpc) is 2.99. The van der Waals surface area contributed by atoms with Crippen LogP contribution in [0.25, 0.3) is 0 Å². The van der Waals surface area contributed by atoms with Crippen LogP contribution in [0.1, 0.15) is 52.4 Å². The van der Waals surface area contributed by atoms with Crippen molar-refractivity contribution in [2.45, 2.75) is 76.7 Å². The van der Waals surface area contributed by atoms with Crippen LogP contribution in [-0.2, 0) is 14.3 Å². The zero-order valence-electron chi connectivity index (χ0n) is 11.7. The molecule has 1 saturated heterocycles. The van der Waals surface area contributed by atoms with Crippen molar-refractivity contribution >= 4 is 11.9 Å². The van der Waals surface area contributed by atoms with Crippen molar-refractivity contribution in [3.05, 3.63) is 0 Å². The lowest BCUT2D eigenvalue weighted by Gasteiger charge is -2.34. The van der Waals surface area contributed by atoms with Gasteiger partial charge in [-0.25, -0.2) is 4.79 Å². The molecule has 0 bridgehead atoms. The summed E-state index contributed by atoms with van der Waals surface area (Å²) in [5.74, 6) is -0.988. The van der Waals surface area contributed by atoms with Gasteiger partial charge in [-0.2, -0.15) is 0 Å². The number of carbonyl (C=O) groups excluding carboxylic acids is 1. The van der Waals surface area contributed by atoms with Crippen LogP contribution in [-0.4, -0.2) is 46.2 Å². The van der Waals surface area contributed by atoms with Gasteiger partial charge < -0.3 is 14.7 Å². The SMILES string of the molecule is CC(C)N(C(=O)[C@@H]1CC[C@H](C(=O)O)O1)C1CCCC1. The van der Waals surface area contributed by atoms with Gasteiger partial charge in [-0.1, -0.05) is 12.8 Å². The molecular formula is C14H23NO4. The van der Waals surface area contributed by atoms with E-state index < -0.39 is 18.2 Å². The number of ether oxygens (including phenoxy) is 1. The first-order valence-electron chi connectivity index (χ1n) is 7.21. The lowest BCUT2D eigenvalue weighted by molar-refractivity contribution is -0.156. The molecule has 2 rings (SSSR count). The highest BCUT2D eigenvalue weighted by Gasteiger charge is 2.39. The Morgan fingerprint density at radius 3 is 2.16 bits per heavy atom. The standard InChI is InChI=1S/C14H23NO4/c1-9(2)15(10-5-3-4-6-10)13(16)11-7-8-12(19-11)14(17)18/h9-12H,3-8H2,1-2H3,(H,17,18)/t11-,12+/m0/s1. The third-order valence-electron chi connectivity index (χ3n) is 4.10. The fourth-order valence-corrected chi connectivity index (χ4v) is 3.21. The van der Waals surface area contributed by atoms with Gasteiger partial charge in [0.15, 0.2) is 6.10 Å². The molecule has 5 nitrogen and oxygen atoms in total. The number of hydrogen-bond donors (Lipinski definition) is 1. The highest BCUT2D eigenvalue weighted by molar-refractivity contribution is 5.83. The Bertz CT molecular complexity index is 349. The van der Waals surface area contributed by atoms with Crippen molar-refractivity contribution in [1.29, 1.82) is 0 Å². The average molecular weight is 269 g/mol. The molecule has 1 N–H and O–H groups in total. The minimum absolute atomic E-state index is 0.0225. The Kier molecular flexibility index (Phi) is 4.45. The number of carboxylic acid groups (broad SMARTS) is 1. The highest BCUT2D eigenvalue weighted by atomic mass is 16.5. The first-order chi connectivity index (χ1) is 9.00. The number of carbonyl (C=O) groups is 2. The smallest absolute Gasteiger partial charge is 0.332 e. The summed E-state index contributed by atoms with van der Waals surface area (Å²) in [5.41, 5.74) is 0. The third kappa shape index (κ3) is 3.08. The van der Waals surface area contributed by atoms with Gasteiger partial charge in [-0.05, 0) is 39.5 Å². The lowest BCUT2D eigenvalue weighted by atomic mass is 10.1. The molecular weight excluding hydrogens is 246 g/mol. The number of rotatable bonds is 4. The predicted molar refractivity (Wildman–Crippen MR) is 69.8 cm³/mol. The Morgan fingerprint density at radius 2 is 1.68 bits per heavy atom.